The molecule has 1 N–H and O–H groups in total. The van der Waals surface area contributed by atoms with Gasteiger partial charge in [0.1, 0.15) is 9.75 Å². The van der Waals surface area contributed by atoms with Crippen molar-refractivity contribution >= 4 is 61.4 Å². The van der Waals surface area contributed by atoms with Crippen molar-refractivity contribution in [3.05, 3.63) is 44.7 Å². The van der Waals surface area contributed by atoms with Crippen molar-refractivity contribution in [3.63, 3.8) is 0 Å². The summed E-state index contributed by atoms with van der Waals surface area (Å²) in [5.41, 5.74) is 0.514. The van der Waals surface area contributed by atoms with Crippen LogP contribution in [0.1, 0.15) is 25.0 Å². The standard InChI is InChI=1S/C15H11ClN2O3S2/c1-7-11(14(20)21-2)23-15(17-7)18-13(19)12-10(16)8-5-3-4-6-9(8)22-12/h3-6H,1-2H3,(H,17,18,19). The second-order valence-electron chi connectivity index (χ2n) is 4.62. The van der Waals surface area contributed by atoms with E-state index in [4.69, 9.17) is 11.6 Å². The third-order valence-electron chi connectivity index (χ3n) is 3.13. The van der Waals surface area contributed by atoms with Crippen molar-refractivity contribution in [2.24, 2.45) is 0 Å². The van der Waals surface area contributed by atoms with Crippen LogP contribution >= 0.6 is 34.3 Å². The number of hydrogen-bond donors (Lipinski definition) is 1. The molecule has 0 fully saturated rings. The summed E-state index contributed by atoms with van der Waals surface area (Å²) < 4.78 is 5.62. The lowest BCUT2D eigenvalue weighted by atomic mass is 10.2. The van der Waals surface area contributed by atoms with Gasteiger partial charge < -0.3 is 4.74 Å². The number of amides is 1. The number of nitrogens with one attached hydrogen (secondary N) is 1. The minimum absolute atomic E-state index is 0.335. The first-order valence-electron chi connectivity index (χ1n) is 6.55. The van der Waals surface area contributed by atoms with Gasteiger partial charge in [-0.2, -0.15) is 0 Å². The van der Waals surface area contributed by atoms with Gasteiger partial charge in [-0.05, 0) is 13.0 Å². The van der Waals surface area contributed by atoms with Crippen LogP contribution in [0.15, 0.2) is 24.3 Å². The number of carbonyl (C=O) groups is 2. The molecular weight excluding hydrogens is 356 g/mol. The number of ether oxygens (including phenoxy) is 1. The molecule has 0 aliphatic carbocycles. The maximum Gasteiger partial charge on any atom is 0.350 e. The van der Waals surface area contributed by atoms with Crippen LogP contribution in [0.3, 0.4) is 0 Å². The minimum Gasteiger partial charge on any atom is -0.465 e. The molecule has 0 aliphatic heterocycles. The third kappa shape index (κ3) is 2.95. The number of aromatic nitrogens is 1. The number of thiophene rings is 1. The molecule has 0 radical (unpaired) electrons. The second-order valence-corrected chi connectivity index (χ2v) is 7.05. The van der Waals surface area contributed by atoms with Crippen LogP contribution < -0.4 is 5.32 Å². The Morgan fingerprint density at radius 2 is 1.96 bits per heavy atom. The monoisotopic (exact) mass is 366 g/mol. The molecule has 0 unspecified atom stereocenters. The quantitative estimate of drug-likeness (QED) is 0.699. The Labute approximate surface area is 144 Å². The van der Waals surface area contributed by atoms with Gasteiger partial charge in [-0.3, -0.25) is 10.1 Å². The predicted molar refractivity (Wildman–Crippen MR) is 93.0 cm³/mol. The fraction of sp³-hybridized carbons (Fsp3) is 0.133. The Hall–Kier alpha value is -1.96. The summed E-state index contributed by atoms with van der Waals surface area (Å²) >= 11 is 8.67. The maximum absolute atomic E-state index is 12.4. The molecule has 8 heteroatoms. The summed E-state index contributed by atoms with van der Waals surface area (Å²) in [4.78, 5) is 29.0. The summed E-state index contributed by atoms with van der Waals surface area (Å²) in [6, 6.07) is 7.54. The van der Waals surface area contributed by atoms with Crippen molar-refractivity contribution in [2.75, 3.05) is 12.4 Å². The molecule has 0 spiro atoms. The van der Waals surface area contributed by atoms with Crippen molar-refractivity contribution in [2.45, 2.75) is 6.92 Å². The number of hydrogen-bond acceptors (Lipinski definition) is 6. The van der Waals surface area contributed by atoms with Crippen molar-refractivity contribution in [1.29, 1.82) is 0 Å². The lowest BCUT2D eigenvalue weighted by molar-refractivity contribution is 0.0605. The number of benzene rings is 1. The average Bonchev–Trinajstić information content (AvgIpc) is 3.07. The van der Waals surface area contributed by atoms with E-state index in [9.17, 15) is 9.59 Å². The number of anilines is 1. The fourth-order valence-electron chi connectivity index (χ4n) is 2.05. The smallest absolute Gasteiger partial charge is 0.350 e. The number of halogens is 1. The highest BCUT2D eigenvalue weighted by Crippen LogP contribution is 2.35. The molecule has 0 saturated heterocycles. The summed E-state index contributed by atoms with van der Waals surface area (Å²) in [6.07, 6.45) is 0. The molecule has 0 aliphatic rings. The first kappa shape index (κ1) is 15.9. The number of fused-ring (bicyclic) bond motifs is 1. The van der Waals surface area contributed by atoms with Crippen LogP contribution in [0.5, 0.6) is 0 Å². The molecule has 23 heavy (non-hydrogen) atoms. The van der Waals surface area contributed by atoms with Crippen LogP contribution in [0, 0.1) is 6.92 Å². The van der Waals surface area contributed by atoms with Gasteiger partial charge in [0.05, 0.1) is 17.8 Å². The van der Waals surface area contributed by atoms with E-state index in [-0.39, 0.29) is 5.91 Å². The minimum atomic E-state index is -0.472. The largest absolute Gasteiger partial charge is 0.465 e. The molecular formula is C15H11ClN2O3S2. The zero-order valence-electron chi connectivity index (χ0n) is 12.2. The zero-order chi connectivity index (χ0) is 16.6. The highest BCUT2D eigenvalue weighted by atomic mass is 35.5. The topological polar surface area (TPSA) is 68.3 Å². The number of nitrogens with zero attached hydrogens (tertiary/aromatic N) is 1. The number of methoxy groups -OCH3 is 1. The van der Waals surface area contributed by atoms with Crippen LogP contribution in [0.25, 0.3) is 10.1 Å². The van der Waals surface area contributed by atoms with Crippen molar-refractivity contribution in [3.8, 4) is 0 Å². The van der Waals surface area contributed by atoms with Gasteiger partial charge in [0.25, 0.3) is 5.91 Å². The summed E-state index contributed by atoms with van der Waals surface area (Å²) in [5.74, 6) is -0.818. The maximum atomic E-state index is 12.4. The Bertz CT molecular complexity index is 917. The first-order chi connectivity index (χ1) is 11.0. The van der Waals surface area contributed by atoms with Gasteiger partial charge >= 0.3 is 5.97 Å². The summed E-state index contributed by atoms with van der Waals surface area (Å²) in [5, 5.41) is 4.28. The molecule has 0 bridgehead atoms. The Morgan fingerprint density at radius 1 is 1.22 bits per heavy atom. The fourth-order valence-corrected chi connectivity index (χ4v) is 4.34. The van der Waals surface area contributed by atoms with Crippen LogP contribution in [-0.2, 0) is 4.74 Å². The van der Waals surface area contributed by atoms with Crippen molar-refractivity contribution in [1.82, 2.24) is 4.98 Å². The first-order valence-corrected chi connectivity index (χ1v) is 8.56. The normalized spacial score (nSPS) is 10.7. The van der Waals surface area contributed by atoms with E-state index in [1.807, 2.05) is 24.3 Å². The zero-order valence-corrected chi connectivity index (χ0v) is 14.6. The van der Waals surface area contributed by atoms with Crippen LogP contribution in [0.4, 0.5) is 5.13 Å². The number of rotatable bonds is 3. The van der Waals surface area contributed by atoms with E-state index < -0.39 is 5.97 Å². The Balaban J connectivity index is 1.89. The van der Waals surface area contributed by atoms with Gasteiger partial charge in [0, 0.05) is 10.1 Å². The van der Waals surface area contributed by atoms with Crippen LogP contribution in [0.2, 0.25) is 5.02 Å². The van der Waals surface area contributed by atoms with E-state index in [2.05, 4.69) is 15.0 Å². The van der Waals surface area contributed by atoms with Gasteiger partial charge in [-0.15, -0.1) is 11.3 Å². The molecule has 2 aromatic heterocycles. The molecule has 5 nitrogen and oxygen atoms in total. The van der Waals surface area contributed by atoms with Gasteiger partial charge in [0.15, 0.2) is 5.13 Å². The Kier molecular flexibility index (Phi) is 4.34. The molecule has 3 aromatic rings. The van der Waals surface area contributed by atoms with Gasteiger partial charge in [-0.1, -0.05) is 41.1 Å². The lowest BCUT2D eigenvalue weighted by Gasteiger charge is -1.99. The SMILES string of the molecule is COC(=O)c1sc(NC(=O)c2sc3ccccc3c2Cl)nc1C. The third-order valence-corrected chi connectivity index (χ3v) is 5.86. The molecule has 2 heterocycles. The molecule has 118 valence electrons. The van der Waals surface area contributed by atoms with E-state index in [0.29, 0.717) is 25.6 Å². The highest BCUT2D eigenvalue weighted by Gasteiger charge is 2.20. The lowest BCUT2D eigenvalue weighted by Crippen LogP contribution is -2.10. The van der Waals surface area contributed by atoms with Gasteiger partial charge in [0.2, 0.25) is 0 Å². The molecule has 1 aromatic carbocycles. The number of carbonyl (C=O) groups excluding carboxylic acids is 2. The predicted octanol–water partition coefficient (Wildman–Crippen LogP) is 4.36. The summed E-state index contributed by atoms with van der Waals surface area (Å²) in [7, 11) is 1.30. The van der Waals surface area contributed by atoms with E-state index in [1.54, 1.807) is 6.92 Å². The Morgan fingerprint density at radius 3 is 2.65 bits per heavy atom. The van der Waals surface area contributed by atoms with E-state index >= 15 is 0 Å². The number of esters is 1. The van der Waals surface area contributed by atoms with E-state index in [1.165, 1.54) is 18.4 Å². The van der Waals surface area contributed by atoms with Crippen LogP contribution in [-0.4, -0.2) is 24.0 Å². The number of thiazole rings is 1. The molecule has 0 saturated carbocycles. The summed E-state index contributed by atoms with van der Waals surface area (Å²) in [6.45, 7) is 1.69. The highest BCUT2D eigenvalue weighted by molar-refractivity contribution is 7.22. The van der Waals surface area contributed by atoms with E-state index in [0.717, 1.165) is 21.4 Å². The average molecular weight is 367 g/mol. The van der Waals surface area contributed by atoms with Crippen molar-refractivity contribution < 1.29 is 14.3 Å². The second kappa shape index (κ2) is 6.27. The van der Waals surface area contributed by atoms with Gasteiger partial charge in [-0.25, -0.2) is 9.78 Å². The molecule has 0 atom stereocenters. The number of aryl methyl sites for hydroxylation is 1. The molecule has 3 rings (SSSR count). The molecule has 1 amide bonds.